The lowest BCUT2D eigenvalue weighted by molar-refractivity contribution is -0.121. The zero-order valence-corrected chi connectivity index (χ0v) is 6.99. The van der Waals surface area contributed by atoms with E-state index in [0.717, 1.165) is 19.6 Å². The average Bonchev–Trinajstić information content (AvgIpc) is 2.07. The maximum Gasteiger partial charge on any atom is 0.226 e. The Bertz CT molecular complexity index is 175. The summed E-state index contributed by atoms with van der Waals surface area (Å²) < 4.78 is 0. The number of piperazine rings is 1. The largest absolute Gasteiger partial charge is 0.369 e. The molecule has 4 heteroatoms. The Morgan fingerprint density at radius 1 is 1.83 bits per heavy atom. The van der Waals surface area contributed by atoms with Gasteiger partial charge in [-0.15, -0.1) is 6.58 Å². The molecule has 1 radical (unpaired) electrons. The summed E-state index contributed by atoms with van der Waals surface area (Å²) in [5.74, 6) is -0.666. The maximum atomic E-state index is 10.9. The molecule has 0 aromatic carbocycles. The third-order valence-electron chi connectivity index (χ3n) is 2.00. The van der Waals surface area contributed by atoms with E-state index in [1.165, 1.54) is 0 Å². The summed E-state index contributed by atoms with van der Waals surface area (Å²) in [4.78, 5) is 10.9. The fourth-order valence-electron chi connectivity index (χ4n) is 1.33. The van der Waals surface area contributed by atoms with E-state index in [1.807, 2.05) is 0 Å². The van der Waals surface area contributed by atoms with E-state index in [-0.39, 0.29) is 17.9 Å². The van der Waals surface area contributed by atoms with Crippen LogP contribution in [-0.2, 0) is 4.79 Å². The Morgan fingerprint density at radius 2 is 2.58 bits per heavy atom. The summed E-state index contributed by atoms with van der Waals surface area (Å²) in [5.41, 5.74) is 5.18. The Hall–Kier alpha value is -0.870. The van der Waals surface area contributed by atoms with Gasteiger partial charge < -0.3 is 11.1 Å². The van der Waals surface area contributed by atoms with Gasteiger partial charge in [0.1, 0.15) is 0 Å². The molecule has 4 nitrogen and oxygen atoms in total. The van der Waals surface area contributed by atoms with Crippen molar-refractivity contribution in [1.29, 1.82) is 0 Å². The molecule has 3 N–H and O–H groups in total. The summed E-state index contributed by atoms with van der Waals surface area (Å²) in [6, 6.07) is -0.0197. The van der Waals surface area contributed by atoms with Gasteiger partial charge >= 0.3 is 0 Å². The SMILES string of the molecule is C=CC(C(N)=O)C1CNCC[N]1. The van der Waals surface area contributed by atoms with Crippen LogP contribution in [0.2, 0.25) is 0 Å². The first-order valence-corrected chi connectivity index (χ1v) is 4.05. The summed E-state index contributed by atoms with van der Waals surface area (Å²) >= 11 is 0. The van der Waals surface area contributed by atoms with Crippen LogP contribution in [0, 0.1) is 5.92 Å². The van der Waals surface area contributed by atoms with Crippen molar-refractivity contribution in [2.45, 2.75) is 6.04 Å². The van der Waals surface area contributed by atoms with Crippen molar-refractivity contribution in [3.8, 4) is 0 Å². The molecule has 2 unspecified atom stereocenters. The normalized spacial score (nSPS) is 26.2. The first-order valence-electron chi connectivity index (χ1n) is 4.05. The van der Waals surface area contributed by atoms with E-state index in [0.29, 0.717) is 0 Å². The molecular formula is C8H14N3O. The van der Waals surface area contributed by atoms with Crippen LogP contribution in [0.15, 0.2) is 12.7 Å². The Balaban J connectivity index is 2.51. The number of hydrogen-bond acceptors (Lipinski definition) is 2. The van der Waals surface area contributed by atoms with Crippen LogP contribution in [0.3, 0.4) is 0 Å². The minimum Gasteiger partial charge on any atom is -0.369 e. The molecule has 0 spiro atoms. The predicted molar refractivity (Wildman–Crippen MR) is 46.5 cm³/mol. The first kappa shape index (κ1) is 9.22. The van der Waals surface area contributed by atoms with Gasteiger partial charge in [0, 0.05) is 19.6 Å². The van der Waals surface area contributed by atoms with Crippen LogP contribution in [-0.4, -0.2) is 31.6 Å². The van der Waals surface area contributed by atoms with Crippen molar-refractivity contribution in [2.75, 3.05) is 19.6 Å². The van der Waals surface area contributed by atoms with Crippen molar-refractivity contribution in [3.63, 3.8) is 0 Å². The number of carbonyl (C=O) groups excluding carboxylic acids is 1. The van der Waals surface area contributed by atoms with Gasteiger partial charge in [-0.05, 0) is 0 Å². The molecule has 1 aliphatic rings. The van der Waals surface area contributed by atoms with E-state index < -0.39 is 0 Å². The van der Waals surface area contributed by atoms with E-state index in [2.05, 4.69) is 17.2 Å². The van der Waals surface area contributed by atoms with Crippen LogP contribution >= 0.6 is 0 Å². The van der Waals surface area contributed by atoms with Crippen molar-refractivity contribution >= 4 is 5.91 Å². The summed E-state index contributed by atoms with van der Waals surface area (Å²) in [5, 5.41) is 7.44. The lowest BCUT2D eigenvalue weighted by atomic mass is 9.98. The van der Waals surface area contributed by atoms with Crippen LogP contribution in [0.25, 0.3) is 0 Å². The van der Waals surface area contributed by atoms with Gasteiger partial charge in [0.15, 0.2) is 0 Å². The second-order valence-corrected chi connectivity index (χ2v) is 2.84. The lowest BCUT2D eigenvalue weighted by Gasteiger charge is -2.26. The van der Waals surface area contributed by atoms with Gasteiger partial charge in [-0.25, -0.2) is 5.32 Å². The Labute approximate surface area is 72.2 Å². The first-order chi connectivity index (χ1) is 5.75. The molecule has 0 aromatic heterocycles. The van der Waals surface area contributed by atoms with E-state index in [4.69, 9.17) is 5.73 Å². The molecule has 2 atom stereocenters. The van der Waals surface area contributed by atoms with Gasteiger partial charge in [0.25, 0.3) is 0 Å². The highest BCUT2D eigenvalue weighted by Crippen LogP contribution is 2.06. The second-order valence-electron chi connectivity index (χ2n) is 2.84. The van der Waals surface area contributed by atoms with E-state index in [9.17, 15) is 4.79 Å². The standard InChI is InChI=1S/C8H14N3O/c1-2-6(8(9)12)7-5-10-3-4-11-7/h2,6-7,10H,1,3-5H2,(H2,9,12). The minimum atomic E-state index is -0.345. The van der Waals surface area contributed by atoms with Crippen molar-refractivity contribution in [2.24, 2.45) is 11.7 Å². The zero-order valence-electron chi connectivity index (χ0n) is 6.99. The zero-order chi connectivity index (χ0) is 8.97. The van der Waals surface area contributed by atoms with Gasteiger partial charge in [-0.1, -0.05) is 6.08 Å². The fourth-order valence-corrected chi connectivity index (χ4v) is 1.33. The molecule has 12 heavy (non-hydrogen) atoms. The molecule has 1 heterocycles. The Morgan fingerprint density at radius 3 is 3.00 bits per heavy atom. The van der Waals surface area contributed by atoms with Crippen molar-refractivity contribution < 1.29 is 4.79 Å². The van der Waals surface area contributed by atoms with Crippen LogP contribution in [0.5, 0.6) is 0 Å². The smallest absolute Gasteiger partial charge is 0.226 e. The van der Waals surface area contributed by atoms with E-state index in [1.54, 1.807) is 6.08 Å². The van der Waals surface area contributed by atoms with Gasteiger partial charge in [0.05, 0.1) is 12.0 Å². The quantitative estimate of drug-likeness (QED) is 0.522. The predicted octanol–water partition coefficient (Wildman–Crippen LogP) is -1.15. The molecule has 1 fully saturated rings. The number of carbonyl (C=O) groups is 1. The molecular weight excluding hydrogens is 154 g/mol. The molecule has 0 aromatic rings. The van der Waals surface area contributed by atoms with Crippen LogP contribution in [0.4, 0.5) is 0 Å². The molecule has 1 amide bonds. The molecule has 0 saturated carbocycles. The lowest BCUT2D eigenvalue weighted by Crippen LogP contribution is -2.50. The summed E-state index contributed by atoms with van der Waals surface area (Å²) in [6.45, 7) is 5.93. The number of amides is 1. The monoisotopic (exact) mass is 168 g/mol. The maximum absolute atomic E-state index is 10.9. The van der Waals surface area contributed by atoms with Gasteiger partial charge in [-0.3, -0.25) is 4.79 Å². The number of hydrogen-bond donors (Lipinski definition) is 2. The number of nitrogens with one attached hydrogen (secondary N) is 1. The molecule has 1 rings (SSSR count). The summed E-state index contributed by atoms with van der Waals surface area (Å²) in [6.07, 6.45) is 1.57. The number of nitrogens with two attached hydrogens (primary N) is 1. The Kier molecular flexibility index (Phi) is 3.25. The van der Waals surface area contributed by atoms with E-state index >= 15 is 0 Å². The number of primary amides is 1. The molecule has 1 saturated heterocycles. The van der Waals surface area contributed by atoms with Crippen molar-refractivity contribution in [3.05, 3.63) is 12.7 Å². The highest BCUT2D eigenvalue weighted by molar-refractivity contribution is 5.79. The molecule has 0 bridgehead atoms. The number of rotatable bonds is 3. The highest BCUT2D eigenvalue weighted by atomic mass is 16.1. The highest BCUT2D eigenvalue weighted by Gasteiger charge is 2.25. The molecule has 0 aliphatic carbocycles. The molecule has 67 valence electrons. The third-order valence-corrected chi connectivity index (χ3v) is 2.00. The number of nitrogens with zero attached hydrogens (tertiary/aromatic N) is 1. The topological polar surface area (TPSA) is 69.2 Å². The average molecular weight is 168 g/mol. The van der Waals surface area contributed by atoms with Crippen molar-refractivity contribution in [1.82, 2.24) is 10.6 Å². The van der Waals surface area contributed by atoms with Gasteiger partial charge in [0.2, 0.25) is 5.91 Å². The van der Waals surface area contributed by atoms with Crippen LogP contribution in [0.1, 0.15) is 0 Å². The minimum absolute atomic E-state index is 0.0197. The summed E-state index contributed by atoms with van der Waals surface area (Å²) in [7, 11) is 0. The molecule has 1 aliphatic heterocycles. The second kappa shape index (κ2) is 4.23. The van der Waals surface area contributed by atoms with Gasteiger partial charge in [-0.2, -0.15) is 0 Å². The third kappa shape index (κ3) is 2.06. The van der Waals surface area contributed by atoms with Crippen LogP contribution < -0.4 is 16.4 Å². The fraction of sp³-hybridized carbons (Fsp3) is 0.625.